The fourth-order valence-corrected chi connectivity index (χ4v) is 5.41. The molecule has 0 unspecified atom stereocenters. The van der Waals surface area contributed by atoms with Crippen molar-refractivity contribution >= 4 is 0 Å². The van der Waals surface area contributed by atoms with Crippen molar-refractivity contribution in [3.8, 4) is 22.3 Å². The normalized spacial score (nSPS) is 13.4. The molecule has 32 heavy (non-hydrogen) atoms. The van der Waals surface area contributed by atoms with Gasteiger partial charge in [0.15, 0.2) is 0 Å². The average Bonchev–Trinajstić information content (AvgIpc) is 3.15. The molecule has 0 aromatic heterocycles. The first-order chi connectivity index (χ1) is 15.8. The predicted octanol–water partition coefficient (Wildman–Crippen LogP) is 8.03. The summed E-state index contributed by atoms with van der Waals surface area (Å²) in [7, 11) is 0. The quantitative estimate of drug-likeness (QED) is 0.278. The summed E-state index contributed by atoms with van der Waals surface area (Å²) < 4.78 is 0. The van der Waals surface area contributed by atoms with Crippen LogP contribution in [0.3, 0.4) is 0 Å². The fraction of sp³-hybridized carbons (Fsp3) is 0.0625. The summed E-state index contributed by atoms with van der Waals surface area (Å²) in [4.78, 5) is 0. The minimum atomic E-state index is -0.343. The molecule has 152 valence electrons. The lowest BCUT2D eigenvalue weighted by molar-refractivity contribution is 0.768. The van der Waals surface area contributed by atoms with Gasteiger partial charge in [-0.15, -0.1) is 0 Å². The number of hydrogen-bond donors (Lipinski definition) is 0. The number of aryl methyl sites for hydroxylation is 1. The van der Waals surface area contributed by atoms with E-state index >= 15 is 0 Å². The molecule has 0 nitrogen and oxygen atoms in total. The lowest BCUT2D eigenvalue weighted by atomic mass is 9.67. The molecule has 1 aliphatic carbocycles. The molecule has 0 fully saturated rings. The Morgan fingerprint density at radius 2 is 0.938 bits per heavy atom. The van der Waals surface area contributed by atoms with Crippen molar-refractivity contribution in [3.05, 3.63) is 155 Å². The van der Waals surface area contributed by atoms with Gasteiger partial charge in [-0.3, -0.25) is 0 Å². The zero-order valence-electron chi connectivity index (χ0n) is 18.1. The van der Waals surface area contributed by atoms with E-state index in [-0.39, 0.29) is 5.41 Å². The number of benzene rings is 5. The van der Waals surface area contributed by atoms with Crippen LogP contribution in [-0.2, 0) is 5.41 Å². The Morgan fingerprint density at radius 1 is 0.438 bits per heavy atom. The highest BCUT2D eigenvalue weighted by atomic mass is 14.5. The minimum Gasteiger partial charge on any atom is -0.0622 e. The van der Waals surface area contributed by atoms with Gasteiger partial charge >= 0.3 is 0 Å². The second-order valence-corrected chi connectivity index (χ2v) is 8.66. The summed E-state index contributed by atoms with van der Waals surface area (Å²) >= 11 is 0. The van der Waals surface area contributed by atoms with Crippen molar-refractivity contribution < 1.29 is 0 Å². The molecule has 6 rings (SSSR count). The highest BCUT2D eigenvalue weighted by Crippen LogP contribution is 2.56. The third-order valence-electron chi connectivity index (χ3n) is 6.81. The predicted molar refractivity (Wildman–Crippen MR) is 134 cm³/mol. The fourth-order valence-electron chi connectivity index (χ4n) is 5.41. The summed E-state index contributed by atoms with van der Waals surface area (Å²) in [6.07, 6.45) is 0. The Bertz CT molecular complexity index is 1360. The van der Waals surface area contributed by atoms with E-state index in [0.717, 1.165) is 0 Å². The standard InChI is InChI=1S/C32H24/c1-23-17-19-28-29-20-18-25(24-11-5-2-6-12-24)22-31(29)32(30(28)21-23,26-13-7-3-8-14-26)27-15-9-4-10-16-27/h2-22H,1H3. The van der Waals surface area contributed by atoms with E-state index in [1.54, 1.807) is 0 Å². The summed E-state index contributed by atoms with van der Waals surface area (Å²) in [5.74, 6) is 0. The molecule has 0 N–H and O–H groups in total. The van der Waals surface area contributed by atoms with Crippen molar-refractivity contribution in [2.45, 2.75) is 12.3 Å². The van der Waals surface area contributed by atoms with Gasteiger partial charge in [0.2, 0.25) is 0 Å². The molecule has 0 saturated carbocycles. The highest BCUT2D eigenvalue weighted by Gasteiger charge is 2.46. The van der Waals surface area contributed by atoms with Crippen LogP contribution in [0.15, 0.2) is 127 Å². The molecule has 0 atom stereocenters. The first-order valence-electron chi connectivity index (χ1n) is 11.2. The molecule has 1 aliphatic rings. The Balaban J connectivity index is 1.76. The van der Waals surface area contributed by atoms with Crippen molar-refractivity contribution in [3.63, 3.8) is 0 Å². The lowest BCUT2D eigenvalue weighted by Crippen LogP contribution is -2.28. The molecule has 0 heteroatoms. The van der Waals surface area contributed by atoms with E-state index in [2.05, 4.69) is 134 Å². The Hall–Kier alpha value is -3.90. The number of fused-ring (bicyclic) bond motifs is 3. The number of hydrogen-bond acceptors (Lipinski definition) is 0. The van der Waals surface area contributed by atoms with Crippen molar-refractivity contribution in [1.29, 1.82) is 0 Å². The molecule has 5 aromatic rings. The maximum absolute atomic E-state index is 2.42. The smallest absolute Gasteiger partial charge is 0.0622 e. The second-order valence-electron chi connectivity index (χ2n) is 8.66. The zero-order chi connectivity index (χ0) is 21.5. The van der Waals surface area contributed by atoms with Crippen LogP contribution in [0.25, 0.3) is 22.3 Å². The van der Waals surface area contributed by atoms with Crippen LogP contribution in [0.1, 0.15) is 27.8 Å². The molecule has 0 bridgehead atoms. The Labute approximate surface area is 189 Å². The van der Waals surface area contributed by atoms with Gasteiger partial charge in [0.1, 0.15) is 0 Å². The van der Waals surface area contributed by atoms with Crippen LogP contribution < -0.4 is 0 Å². The molecule has 0 heterocycles. The molecule has 0 spiro atoms. The second kappa shape index (κ2) is 7.35. The third kappa shape index (κ3) is 2.70. The summed E-state index contributed by atoms with van der Waals surface area (Å²) in [5.41, 5.74) is 11.4. The Kier molecular flexibility index (Phi) is 4.33. The van der Waals surface area contributed by atoms with E-state index < -0.39 is 0 Å². The SMILES string of the molecule is Cc1ccc2c(c1)C(c1ccccc1)(c1ccccc1)c1cc(-c3ccccc3)ccc1-2. The van der Waals surface area contributed by atoms with Gasteiger partial charge < -0.3 is 0 Å². The van der Waals surface area contributed by atoms with Gasteiger partial charge in [0.05, 0.1) is 5.41 Å². The topological polar surface area (TPSA) is 0 Å². The minimum absolute atomic E-state index is 0.343. The van der Waals surface area contributed by atoms with Crippen LogP contribution in [0.2, 0.25) is 0 Å². The van der Waals surface area contributed by atoms with Crippen LogP contribution >= 0.6 is 0 Å². The number of rotatable bonds is 3. The average molecular weight is 409 g/mol. The first-order valence-corrected chi connectivity index (χ1v) is 11.2. The van der Waals surface area contributed by atoms with Crippen LogP contribution in [-0.4, -0.2) is 0 Å². The summed E-state index contributed by atoms with van der Waals surface area (Å²) in [6, 6.07) is 46.6. The van der Waals surface area contributed by atoms with Gasteiger partial charge in [0.25, 0.3) is 0 Å². The molecule has 0 saturated heterocycles. The first kappa shape index (κ1) is 18.8. The van der Waals surface area contributed by atoms with Crippen molar-refractivity contribution in [2.75, 3.05) is 0 Å². The van der Waals surface area contributed by atoms with E-state index in [4.69, 9.17) is 0 Å². The molecular weight excluding hydrogens is 384 g/mol. The Morgan fingerprint density at radius 3 is 1.53 bits per heavy atom. The van der Waals surface area contributed by atoms with Crippen molar-refractivity contribution in [1.82, 2.24) is 0 Å². The van der Waals surface area contributed by atoms with E-state index in [9.17, 15) is 0 Å². The largest absolute Gasteiger partial charge is 0.0713 e. The highest BCUT2D eigenvalue weighted by molar-refractivity contribution is 5.88. The van der Waals surface area contributed by atoms with Crippen LogP contribution in [0.5, 0.6) is 0 Å². The van der Waals surface area contributed by atoms with Gasteiger partial charge in [-0.1, -0.05) is 127 Å². The maximum atomic E-state index is 2.42. The molecule has 0 aliphatic heterocycles. The molecular formula is C32H24. The monoisotopic (exact) mass is 408 g/mol. The molecule has 5 aromatic carbocycles. The molecule has 0 radical (unpaired) electrons. The van der Waals surface area contributed by atoms with E-state index in [1.165, 1.54) is 50.1 Å². The molecule has 0 amide bonds. The lowest BCUT2D eigenvalue weighted by Gasteiger charge is -2.34. The van der Waals surface area contributed by atoms with Gasteiger partial charge in [-0.05, 0) is 57.5 Å². The van der Waals surface area contributed by atoms with Crippen molar-refractivity contribution in [2.24, 2.45) is 0 Å². The van der Waals surface area contributed by atoms with E-state index in [0.29, 0.717) is 0 Å². The third-order valence-corrected chi connectivity index (χ3v) is 6.81. The maximum Gasteiger partial charge on any atom is 0.0713 e. The van der Waals surface area contributed by atoms with E-state index in [1.807, 2.05) is 0 Å². The van der Waals surface area contributed by atoms with Crippen LogP contribution in [0.4, 0.5) is 0 Å². The van der Waals surface area contributed by atoms with Gasteiger partial charge in [-0.2, -0.15) is 0 Å². The summed E-state index contributed by atoms with van der Waals surface area (Å²) in [5, 5.41) is 0. The van der Waals surface area contributed by atoms with Crippen LogP contribution in [0, 0.1) is 6.92 Å². The van der Waals surface area contributed by atoms with Gasteiger partial charge in [0, 0.05) is 0 Å². The van der Waals surface area contributed by atoms with Gasteiger partial charge in [-0.25, -0.2) is 0 Å². The summed E-state index contributed by atoms with van der Waals surface area (Å²) in [6.45, 7) is 2.19. The zero-order valence-corrected chi connectivity index (χ0v) is 18.1.